The van der Waals surface area contributed by atoms with E-state index < -0.39 is 6.10 Å². The number of β-amino-alcohol motifs (C(OH)–C–C–N with tert-alkyl or cyclic N) is 2. The van der Waals surface area contributed by atoms with Crippen LogP contribution in [-0.2, 0) is 0 Å². The Bertz CT molecular complexity index is 499. The lowest BCUT2D eigenvalue weighted by Crippen LogP contribution is -2.49. The Hall–Kier alpha value is -1.14. The van der Waals surface area contributed by atoms with Gasteiger partial charge in [0.2, 0.25) is 0 Å². The predicted molar refractivity (Wildman–Crippen MR) is 96.7 cm³/mol. The lowest BCUT2D eigenvalue weighted by atomic mass is 10.0. The van der Waals surface area contributed by atoms with Gasteiger partial charge in [-0.15, -0.1) is 0 Å². The number of hydrogen-bond donors (Lipinski definition) is 2. The zero-order valence-electron chi connectivity index (χ0n) is 15.2. The van der Waals surface area contributed by atoms with Crippen molar-refractivity contribution in [1.82, 2.24) is 9.80 Å². The molecule has 0 aliphatic carbocycles. The minimum Gasteiger partial charge on any atom is -0.491 e. The molecule has 2 rings (SSSR count). The molecule has 1 fully saturated rings. The number of aliphatic hydroxyl groups excluding tert-OH is 2. The molecule has 2 N–H and O–H groups in total. The van der Waals surface area contributed by atoms with Gasteiger partial charge in [0.15, 0.2) is 0 Å². The summed E-state index contributed by atoms with van der Waals surface area (Å²) < 4.78 is 5.92. The van der Waals surface area contributed by atoms with Gasteiger partial charge in [-0.05, 0) is 30.0 Å². The SMILES string of the molecule is Cc1ccc(C(C)C)c(OC[C@@H](O)CN2CCN(CCO)CC2)c1. The Morgan fingerprint density at radius 1 is 1.12 bits per heavy atom. The molecule has 0 unspecified atom stereocenters. The second-order valence-corrected chi connectivity index (χ2v) is 7.03. The van der Waals surface area contributed by atoms with Crippen molar-refractivity contribution in [2.24, 2.45) is 0 Å². The van der Waals surface area contributed by atoms with Crippen LogP contribution in [0.2, 0.25) is 0 Å². The topological polar surface area (TPSA) is 56.2 Å². The number of nitrogens with zero attached hydrogens (tertiary/aromatic N) is 2. The number of aryl methyl sites for hydroxylation is 1. The van der Waals surface area contributed by atoms with Gasteiger partial charge in [0.05, 0.1) is 6.61 Å². The molecule has 0 bridgehead atoms. The molecule has 1 aromatic rings. The summed E-state index contributed by atoms with van der Waals surface area (Å²) in [5.41, 5.74) is 2.36. The first kappa shape index (κ1) is 19.2. The predicted octanol–water partition coefficient (Wildman–Crippen LogP) is 1.47. The molecule has 1 aliphatic heterocycles. The standard InChI is InChI=1S/C19H32N2O3/c1-15(2)18-5-4-16(3)12-19(18)24-14-17(23)13-21-8-6-20(7-9-21)10-11-22/h4-5,12,15,17,22-23H,6-11,13-14H2,1-3H3/t17-/m0/s1. The molecule has 1 heterocycles. The van der Waals surface area contributed by atoms with E-state index in [2.05, 4.69) is 48.8 Å². The first-order valence-electron chi connectivity index (χ1n) is 8.96. The maximum atomic E-state index is 10.3. The van der Waals surface area contributed by atoms with E-state index in [0.717, 1.165) is 38.5 Å². The normalized spacial score (nSPS) is 18.1. The first-order chi connectivity index (χ1) is 11.5. The number of rotatable bonds is 8. The Kier molecular flexibility index (Phi) is 7.49. The number of ether oxygens (including phenoxy) is 1. The maximum absolute atomic E-state index is 10.3. The van der Waals surface area contributed by atoms with E-state index in [4.69, 9.17) is 9.84 Å². The van der Waals surface area contributed by atoms with Crippen LogP contribution in [0.1, 0.15) is 30.9 Å². The Balaban J connectivity index is 1.80. The average Bonchev–Trinajstić information content (AvgIpc) is 2.55. The fraction of sp³-hybridized carbons (Fsp3) is 0.684. The quantitative estimate of drug-likeness (QED) is 0.753. The highest BCUT2D eigenvalue weighted by molar-refractivity contribution is 5.39. The van der Waals surface area contributed by atoms with Crippen LogP contribution in [-0.4, -0.2) is 78.6 Å². The highest BCUT2D eigenvalue weighted by Gasteiger charge is 2.19. The van der Waals surface area contributed by atoms with Gasteiger partial charge in [-0.25, -0.2) is 0 Å². The average molecular weight is 336 g/mol. The molecule has 24 heavy (non-hydrogen) atoms. The number of piperazine rings is 1. The summed E-state index contributed by atoms with van der Waals surface area (Å²) in [6.07, 6.45) is -0.491. The summed E-state index contributed by atoms with van der Waals surface area (Å²) in [4.78, 5) is 4.52. The zero-order chi connectivity index (χ0) is 17.5. The van der Waals surface area contributed by atoms with Gasteiger partial charge in [0.1, 0.15) is 18.5 Å². The fourth-order valence-corrected chi connectivity index (χ4v) is 3.12. The van der Waals surface area contributed by atoms with Crippen LogP contribution in [0.15, 0.2) is 18.2 Å². The van der Waals surface area contributed by atoms with E-state index in [0.29, 0.717) is 19.1 Å². The lowest BCUT2D eigenvalue weighted by Gasteiger charge is -2.35. The third-order valence-electron chi connectivity index (χ3n) is 4.57. The van der Waals surface area contributed by atoms with E-state index in [1.54, 1.807) is 0 Å². The molecular weight excluding hydrogens is 304 g/mol. The van der Waals surface area contributed by atoms with E-state index in [1.165, 1.54) is 11.1 Å². The third-order valence-corrected chi connectivity index (χ3v) is 4.57. The number of aliphatic hydroxyl groups is 2. The summed E-state index contributed by atoms with van der Waals surface area (Å²) in [5.74, 6) is 1.29. The van der Waals surface area contributed by atoms with E-state index in [1.807, 2.05) is 0 Å². The van der Waals surface area contributed by atoms with Crippen LogP contribution in [0, 0.1) is 6.92 Å². The minimum atomic E-state index is -0.491. The van der Waals surface area contributed by atoms with Gasteiger partial charge in [-0.2, -0.15) is 0 Å². The van der Waals surface area contributed by atoms with Gasteiger partial charge in [-0.1, -0.05) is 26.0 Å². The molecule has 5 nitrogen and oxygen atoms in total. The fourth-order valence-electron chi connectivity index (χ4n) is 3.12. The van der Waals surface area contributed by atoms with Crippen molar-refractivity contribution in [1.29, 1.82) is 0 Å². The van der Waals surface area contributed by atoms with E-state index >= 15 is 0 Å². The molecule has 5 heteroatoms. The van der Waals surface area contributed by atoms with Crippen LogP contribution in [0.5, 0.6) is 5.75 Å². The minimum absolute atomic E-state index is 0.213. The molecular formula is C19H32N2O3. The molecule has 1 atom stereocenters. The van der Waals surface area contributed by atoms with E-state index in [-0.39, 0.29) is 6.61 Å². The Morgan fingerprint density at radius 3 is 2.42 bits per heavy atom. The van der Waals surface area contributed by atoms with Crippen LogP contribution < -0.4 is 4.74 Å². The third kappa shape index (κ3) is 5.74. The molecule has 0 saturated carbocycles. The summed E-state index contributed by atoms with van der Waals surface area (Å²) in [7, 11) is 0. The number of hydrogen-bond acceptors (Lipinski definition) is 5. The van der Waals surface area contributed by atoms with Crippen LogP contribution in [0.25, 0.3) is 0 Å². The maximum Gasteiger partial charge on any atom is 0.123 e. The van der Waals surface area contributed by atoms with Crippen molar-refractivity contribution in [2.75, 3.05) is 52.5 Å². The summed E-state index contributed by atoms with van der Waals surface area (Å²) in [6, 6.07) is 6.27. The highest BCUT2D eigenvalue weighted by Crippen LogP contribution is 2.27. The molecule has 0 spiro atoms. The lowest BCUT2D eigenvalue weighted by molar-refractivity contribution is 0.0426. The first-order valence-corrected chi connectivity index (χ1v) is 8.96. The molecule has 0 aromatic heterocycles. The Labute approximate surface area is 145 Å². The van der Waals surface area contributed by atoms with Crippen molar-refractivity contribution < 1.29 is 14.9 Å². The van der Waals surface area contributed by atoms with Crippen LogP contribution in [0.3, 0.4) is 0 Å². The molecule has 0 radical (unpaired) electrons. The van der Waals surface area contributed by atoms with Crippen molar-refractivity contribution in [3.63, 3.8) is 0 Å². The molecule has 0 amide bonds. The summed E-state index contributed by atoms with van der Waals surface area (Å²) in [5, 5.41) is 19.3. The van der Waals surface area contributed by atoms with Gasteiger partial charge in [-0.3, -0.25) is 9.80 Å². The largest absolute Gasteiger partial charge is 0.491 e. The zero-order valence-corrected chi connectivity index (χ0v) is 15.2. The van der Waals surface area contributed by atoms with Crippen LogP contribution in [0.4, 0.5) is 0 Å². The van der Waals surface area contributed by atoms with Gasteiger partial charge in [0.25, 0.3) is 0 Å². The highest BCUT2D eigenvalue weighted by atomic mass is 16.5. The van der Waals surface area contributed by atoms with Crippen molar-refractivity contribution >= 4 is 0 Å². The van der Waals surface area contributed by atoms with Gasteiger partial charge >= 0.3 is 0 Å². The van der Waals surface area contributed by atoms with Crippen LogP contribution >= 0.6 is 0 Å². The van der Waals surface area contributed by atoms with Crippen molar-refractivity contribution in [3.8, 4) is 5.75 Å². The van der Waals surface area contributed by atoms with Gasteiger partial charge in [0, 0.05) is 39.3 Å². The Morgan fingerprint density at radius 2 is 1.79 bits per heavy atom. The van der Waals surface area contributed by atoms with Crippen molar-refractivity contribution in [2.45, 2.75) is 32.8 Å². The second kappa shape index (κ2) is 9.37. The summed E-state index contributed by atoms with van der Waals surface area (Å²) >= 11 is 0. The van der Waals surface area contributed by atoms with Crippen molar-refractivity contribution in [3.05, 3.63) is 29.3 Å². The van der Waals surface area contributed by atoms with Gasteiger partial charge < -0.3 is 14.9 Å². The summed E-state index contributed by atoms with van der Waals surface area (Å²) in [6.45, 7) is 12.0. The molecule has 1 aromatic carbocycles. The monoisotopic (exact) mass is 336 g/mol. The smallest absolute Gasteiger partial charge is 0.123 e. The van der Waals surface area contributed by atoms with E-state index in [9.17, 15) is 5.11 Å². The molecule has 1 saturated heterocycles. The molecule has 136 valence electrons. The molecule has 1 aliphatic rings. The number of benzene rings is 1. The second-order valence-electron chi connectivity index (χ2n) is 7.03.